The number of hydrogen-bond donors (Lipinski definition) is 4. The fraction of sp³-hybridized carbons (Fsp3) is 0.200. The van der Waals surface area contributed by atoms with Crippen LogP contribution in [0.5, 0.6) is 5.75 Å². The van der Waals surface area contributed by atoms with Crippen LogP contribution in [0.25, 0.3) is 0 Å². The number of guanidine groups is 2. The molecule has 16 heavy (non-hydrogen) atoms. The molecule has 0 saturated heterocycles. The van der Waals surface area contributed by atoms with E-state index in [1.54, 1.807) is 12.1 Å². The molecule has 6 nitrogen and oxygen atoms in total. The van der Waals surface area contributed by atoms with Crippen molar-refractivity contribution in [1.29, 1.82) is 0 Å². The molecule has 0 aliphatic carbocycles. The molecule has 0 bridgehead atoms. The number of hydrogen-bond acceptors (Lipinski definition) is 2. The lowest BCUT2D eigenvalue weighted by Crippen LogP contribution is -2.26. The van der Waals surface area contributed by atoms with Gasteiger partial charge >= 0.3 is 0 Å². The molecule has 0 spiro atoms. The van der Waals surface area contributed by atoms with Gasteiger partial charge in [0.2, 0.25) is 5.96 Å². The van der Waals surface area contributed by atoms with E-state index in [4.69, 9.17) is 22.3 Å². The van der Waals surface area contributed by atoms with Crippen molar-refractivity contribution in [3.63, 3.8) is 0 Å². The van der Waals surface area contributed by atoms with Crippen LogP contribution in [0, 0.1) is 0 Å². The fourth-order valence-corrected chi connectivity index (χ4v) is 1.13. The molecule has 1 aromatic carbocycles. The van der Waals surface area contributed by atoms with Crippen molar-refractivity contribution in [2.24, 2.45) is 27.2 Å². The maximum Gasteiger partial charge on any atom is 0.218 e. The molecule has 86 valence electrons. The van der Waals surface area contributed by atoms with Crippen molar-refractivity contribution < 1.29 is 5.11 Å². The highest BCUT2D eigenvalue weighted by molar-refractivity contribution is 5.92. The summed E-state index contributed by atoms with van der Waals surface area (Å²) in [4.78, 5) is 7.55. The number of benzene rings is 1. The Labute approximate surface area is 93.5 Å². The van der Waals surface area contributed by atoms with Gasteiger partial charge in [-0.2, -0.15) is 4.99 Å². The lowest BCUT2D eigenvalue weighted by atomic mass is 10.1. The first-order valence-electron chi connectivity index (χ1n) is 4.75. The third-order valence-electron chi connectivity index (χ3n) is 1.85. The van der Waals surface area contributed by atoms with Crippen LogP contribution in [0.4, 0.5) is 0 Å². The third-order valence-corrected chi connectivity index (χ3v) is 1.85. The van der Waals surface area contributed by atoms with Gasteiger partial charge in [-0.15, -0.1) is 0 Å². The first kappa shape index (κ1) is 11.8. The number of nitrogens with two attached hydrogens (primary N) is 3. The van der Waals surface area contributed by atoms with E-state index in [-0.39, 0.29) is 17.7 Å². The van der Waals surface area contributed by atoms with Gasteiger partial charge < -0.3 is 22.3 Å². The van der Waals surface area contributed by atoms with Gasteiger partial charge in [0.1, 0.15) is 5.75 Å². The average molecular weight is 221 g/mol. The summed E-state index contributed by atoms with van der Waals surface area (Å²) in [5, 5.41) is 9.08. The molecule has 0 unspecified atom stereocenters. The average Bonchev–Trinajstić information content (AvgIpc) is 2.20. The molecule has 0 aliphatic heterocycles. The summed E-state index contributed by atoms with van der Waals surface area (Å²) in [5.74, 6) is 0.205. The van der Waals surface area contributed by atoms with Crippen LogP contribution < -0.4 is 17.2 Å². The second-order valence-corrected chi connectivity index (χ2v) is 3.19. The molecule has 1 aromatic rings. The predicted octanol–water partition coefficient (Wildman–Crippen LogP) is -0.477. The van der Waals surface area contributed by atoms with Gasteiger partial charge in [-0.05, 0) is 24.1 Å². The van der Waals surface area contributed by atoms with Crippen LogP contribution in [0.15, 0.2) is 34.3 Å². The van der Waals surface area contributed by atoms with Gasteiger partial charge in [0.25, 0.3) is 0 Å². The summed E-state index contributed by atoms with van der Waals surface area (Å²) < 4.78 is 0. The van der Waals surface area contributed by atoms with E-state index in [1.807, 2.05) is 12.1 Å². The van der Waals surface area contributed by atoms with Gasteiger partial charge in [-0.3, -0.25) is 4.99 Å². The van der Waals surface area contributed by atoms with Crippen LogP contribution in [-0.2, 0) is 6.42 Å². The van der Waals surface area contributed by atoms with E-state index in [9.17, 15) is 0 Å². The SMILES string of the molecule is NC(N)=NC(N)=NCCc1ccc(O)cc1. The van der Waals surface area contributed by atoms with E-state index in [0.717, 1.165) is 5.56 Å². The number of aromatic hydroxyl groups is 1. The number of rotatable bonds is 3. The molecule has 7 N–H and O–H groups in total. The van der Waals surface area contributed by atoms with Crippen LogP contribution in [-0.4, -0.2) is 23.6 Å². The Morgan fingerprint density at radius 1 is 1.12 bits per heavy atom. The second-order valence-electron chi connectivity index (χ2n) is 3.19. The Bertz CT molecular complexity index is 392. The first-order valence-corrected chi connectivity index (χ1v) is 4.75. The largest absolute Gasteiger partial charge is 0.508 e. The van der Waals surface area contributed by atoms with Crippen molar-refractivity contribution in [2.75, 3.05) is 6.54 Å². The standard InChI is InChI=1S/C10H15N5O/c11-9(12)15-10(13)14-6-5-7-1-3-8(16)4-2-7/h1-4,16H,5-6H2,(H6,11,12,13,14,15). The van der Waals surface area contributed by atoms with Crippen molar-refractivity contribution in [1.82, 2.24) is 0 Å². The zero-order chi connectivity index (χ0) is 12.0. The van der Waals surface area contributed by atoms with Crippen LogP contribution in [0.1, 0.15) is 5.56 Å². The van der Waals surface area contributed by atoms with E-state index in [2.05, 4.69) is 9.98 Å². The molecule has 0 atom stereocenters. The van der Waals surface area contributed by atoms with Gasteiger partial charge in [-0.25, -0.2) is 0 Å². The fourth-order valence-electron chi connectivity index (χ4n) is 1.13. The summed E-state index contributed by atoms with van der Waals surface area (Å²) in [6.45, 7) is 0.493. The number of nitrogens with zero attached hydrogens (tertiary/aromatic N) is 2. The number of phenolic OH excluding ortho intramolecular Hbond substituents is 1. The molecule has 0 amide bonds. The Balaban J connectivity index is 2.47. The molecule has 0 aliphatic rings. The minimum atomic E-state index is -0.106. The first-order chi connectivity index (χ1) is 7.58. The van der Waals surface area contributed by atoms with Crippen molar-refractivity contribution >= 4 is 11.9 Å². The maximum absolute atomic E-state index is 9.08. The van der Waals surface area contributed by atoms with E-state index >= 15 is 0 Å². The molecule has 6 heteroatoms. The predicted molar refractivity (Wildman–Crippen MR) is 64.1 cm³/mol. The summed E-state index contributed by atoms with van der Waals surface area (Å²) in [6, 6.07) is 6.89. The highest BCUT2D eigenvalue weighted by atomic mass is 16.3. The summed E-state index contributed by atoms with van der Waals surface area (Å²) in [6.07, 6.45) is 0.709. The molecular weight excluding hydrogens is 206 g/mol. The summed E-state index contributed by atoms with van der Waals surface area (Å²) >= 11 is 0. The quantitative estimate of drug-likeness (QED) is 0.406. The van der Waals surface area contributed by atoms with Crippen LogP contribution >= 0.6 is 0 Å². The van der Waals surface area contributed by atoms with Crippen molar-refractivity contribution in [3.8, 4) is 5.75 Å². The molecular formula is C10H15N5O. The van der Waals surface area contributed by atoms with Gasteiger partial charge in [0.05, 0.1) is 0 Å². The Morgan fingerprint density at radius 2 is 1.75 bits per heavy atom. The molecule has 0 fully saturated rings. The highest BCUT2D eigenvalue weighted by Crippen LogP contribution is 2.09. The number of aliphatic imine (C=N–C) groups is 2. The highest BCUT2D eigenvalue weighted by Gasteiger charge is 1.93. The van der Waals surface area contributed by atoms with Gasteiger partial charge in [0, 0.05) is 6.54 Å². The van der Waals surface area contributed by atoms with E-state index in [1.165, 1.54) is 0 Å². The molecule has 1 rings (SSSR count). The molecule has 0 radical (unpaired) electrons. The van der Waals surface area contributed by atoms with Gasteiger partial charge in [0.15, 0.2) is 5.96 Å². The number of phenols is 1. The third kappa shape index (κ3) is 4.32. The summed E-state index contributed by atoms with van der Waals surface area (Å²) in [7, 11) is 0. The van der Waals surface area contributed by atoms with Crippen LogP contribution in [0.2, 0.25) is 0 Å². The van der Waals surface area contributed by atoms with Crippen LogP contribution in [0.3, 0.4) is 0 Å². The Kier molecular flexibility index (Phi) is 4.14. The zero-order valence-corrected chi connectivity index (χ0v) is 8.80. The minimum Gasteiger partial charge on any atom is -0.508 e. The lowest BCUT2D eigenvalue weighted by Gasteiger charge is -1.99. The lowest BCUT2D eigenvalue weighted by molar-refractivity contribution is 0.475. The molecule has 0 aromatic heterocycles. The molecule has 0 saturated carbocycles. The smallest absolute Gasteiger partial charge is 0.218 e. The van der Waals surface area contributed by atoms with E-state index in [0.29, 0.717) is 13.0 Å². The summed E-state index contributed by atoms with van der Waals surface area (Å²) in [5.41, 5.74) is 16.7. The normalized spacial score (nSPS) is 11.1. The Hall–Kier alpha value is -2.24. The second kappa shape index (κ2) is 5.59. The van der Waals surface area contributed by atoms with E-state index < -0.39 is 0 Å². The molecule has 0 heterocycles. The minimum absolute atomic E-state index is 0.0683. The van der Waals surface area contributed by atoms with Gasteiger partial charge in [-0.1, -0.05) is 12.1 Å². The van der Waals surface area contributed by atoms with Crippen molar-refractivity contribution in [3.05, 3.63) is 29.8 Å². The van der Waals surface area contributed by atoms with Crippen molar-refractivity contribution in [2.45, 2.75) is 6.42 Å². The maximum atomic E-state index is 9.08. The Morgan fingerprint density at radius 3 is 2.31 bits per heavy atom. The monoisotopic (exact) mass is 221 g/mol. The topological polar surface area (TPSA) is 123 Å². The zero-order valence-electron chi connectivity index (χ0n) is 8.80.